The second-order valence-electron chi connectivity index (χ2n) is 5.23. The molecular weight excluding hydrogens is 315 g/mol. The van der Waals surface area contributed by atoms with Crippen LogP contribution in [0.3, 0.4) is 0 Å². The van der Waals surface area contributed by atoms with E-state index < -0.39 is 0 Å². The van der Waals surface area contributed by atoms with Gasteiger partial charge in [0.2, 0.25) is 0 Å². The zero-order chi connectivity index (χ0) is 14.5. The molecule has 0 aromatic heterocycles. The molecule has 20 heavy (non-hydrogen) atoms. The fourth-order valence-electron chi connectivity index (χ4n) is 2.74. The lowest BCUT2D eigenvalue weighted by molar-refractivity contribution is 0.163. The molecule has 2 rings (SSSR count). The normalized spacial score (nSPS) is 18.2. The second-order valence-corrected chi connectivity index (χ2v) is 6.46. The highest BCUT2D eigenvalue weighted by Crippen LogP contribution is 2.38. The summed E-state index contributed by atoms with van der Waals surface area (Å²) in [4.78, 5) is 2.49. The molecule has 112 valence electrons. The molecule has 0 aliphatic carbocycles. The summed E-state index contributed by atoms with van der Waals surface area (Å²) in [5.41, 5.74) is 1.07. The molecule has 1 N–H and O–H groups in total. The first kappa shape index (κ1) is 16.4. The first-order valence-corrected chi connectivity index (χ1v) is 8.36. The quantitative estimate of drug-likeness (QED) is 0.779. The van der Waals surface area contributed by atoms with Gasteiger partial charge in [-0.25, -0.2) is 0 Å². The van der Waals surface area contributed by atoms with Crippen molar-refractivity contribution in [2.75, 3.05) is 26.2 Å². The maximum Gasteiger partial charge on any atom is 0.0641 e. The Balaban J connectivity index is 2.29. The Kier molecular flexibility index (Phi) is 6.44. The lowest BCUT2D eigenvalue weighted by Gasteiger charge is -2.36. The highest BCUT2D eigenvalue weighted by molar-refractivity contribution is 6.43. The monoisotopic (exact) mass is 334 g/mol. The van der Waals surface area contributed by atoms with Gasteiger partial charge in [0.05, 0.1) is 10.0 Å². The van der Waals surface area contributed by atoms with Crippen LogP contribution in [0, 0.1) is 0 Å². The van der Waals surface area contributed by atoms with Crippen molar-refractivity contribution in [1.82, 2.24) is 10.2 Å². The minimum absolute atomic E-state index is 0.306. The van der Waals surface area contributed by atoms with Gasteiger partial charge in [0.15, 0.2) is 0 Å². The molecule has 0 radical (unpaired) electrons. The molecule has 1 saturated heterocycles. The van der Waals surface area contributed by atoms with Crippen LogP contribution in [0.4, 0.5) is 0 Å². The molecule has 0 unspecified atom stereocenters. The molecule has 1 atom stereocenters. The van der Waals surface area contributed by atoms with Crippen LogP contribution in [-0.2, 0) is 0 Å². The van der Waals surface area contributed by atoms with Crippen LogP contribution in [0.1, 0.15) is 37.8 Å². The molecular formula is C15H21Cl3N2. The average Bonchev–Trinajstić information content (AvgIpc) is 2.45. The van der Waals surface area contributed by atoms with Crippen LogP contribution in [0.2, 0.25) is 15.1 Å². The first-order valence-electron chi connectivity index (χ1n) is 7.22. The van der Waals surface area contributed by atoms with E-state index in [4.69, 9.17) is 34.8 Å². The number of benzene rings is 1. The Morgan fingerprint density at radius 1 is 1.20 bits per heavy atom. The topological polar surface area (TPSA) is 15.3 Å². The van der Waals surface area contributed by atoms with Gasteiger partial charge in [-0.1, -0.05) is 54.6 Å². The lowest BCUT2D eigenvalue weighted by Crippen LogP contribution is -2.45. The third-order valence-corrected chi connectivity index (χ3v) is 4.84. The van der Waals surface area contributed by atoms with Gasteiger partial charge in [-0.3, -0.25) is 4.90 Å². The van der Waals surface area contributed by atoms with Crippen molar-refractivity contribution in [3.05, 3.63) is 32.8 Å². The first-order chi connectivity index (χ1) is 9.63. The van der Waals surface area contributed by atoms with Crippen molar-refractivity contribution in [2.24, 2.45) is 0 Å². The number of nitrogens with one attached hydrogen (secondary N) is 1. The fraction of sp³-hybridized carbons (Fsp3) is 0.600. The maximum absolute atomic E-state index is 6.43. The van der Waals surface area contributed by atoms with E-state index in [2.05, 4.69) is 17.1 Å². The lowest BCUT2D eigenvalue weighted by atomic mass is 9.98. The molecule has 5 heteroatoms. The highest BCUT2D eigenvalue weighted by atomic mass is 35.5. The van der Waals surface area contributed by atoms with Crippen molar-refractivity contribution < 1.29 is 0 Å². The number of hydrogen-bond acceptors (Lipinski definition) is 2. The molecule has 1 aromatic rings. The van der Waals surface area contributed by atoms with E-state index in [0.717, 1.165) is 38.2 Å². The van der Waals surface area contributed by atoms with Gasteiger partial charge in [-0.15, -0.1) is 0 Å². The van der Waals surface area contributed by atoms with Crippen LogP contribution in [0.25, 0.3) is 0 Å². The van der Waals surface area contributed by atoms with E-state index in [1.807, 2.05) is 6.07 Å². The van der Waals surface area contributed by atoms with Crippen LogP contribution in [0.15, 0.2) is 12.1 Å². The van der Waals surface area contributed by atoms with Gasteiger partial charge in [-0.05, 0) is 24.1 Å². The van der Waals surface area contributed by atoms with Crippen molar-refractivity contribution in [3.63, 3.8) is 0 Å². The number of unbranched alkanes of at least 4 members (excludes halogenated alkanes) is 1. The second kappa shape index (κ2) is 7.86. The molecule has 2 nitrogen and oxygen atoms in total. The molecule has 0 spiro atoms. The summed E-state index contributed by atoms with van der Waals surface area (Å²) < 4.78 is 0. The predicted molar refractivity (Wildman–Crippen MR) is 88.2 cm³/mol. The van der Waals surface area contributed by atoms with E-state index in [0.29, 0.717) is 21.1 Å². The van der Waals surface area contributed by atoms with Gasteiger partial charge in [0, 0.05) is 37.2 Å². The summed E-state index contributed by atoms with van der Waals surface area (Å²) in [5.74, 6) is 0. The van der Waals surface area contributed by atoms with Gasteiger partial charge < -0.3 is 5.32 Å². The van der Waals surface area contributed by atoms with E-state index in [1.165, 1.54) is 12.8 Å². The van der Waals surface area contributed by atoms with E-state index in [-0.39, 0.29) is 0 Å². The van der Waals surface area contributed by atoms with E-state index in [9.17, 15) is 0 Å². The molecule has 0 amide bonds. The third-order valence-electron chi connectivity index (χ3n) is 3.80. The van der Waals surface area contributed by atoms with Gasteiger partial charge in [0.25, 0.3) is 0 Å². The molecule has 0 saturated carbocycles. The van der Waals surface area contributed by atoms with Gasteiger partial charge in [-0.2, -0.15) is 0 Å². The van der Waals surface area contributed by atoms with Crippen molar-refractivity contribution in [2.45, 2.75) is 32.2 Å². The average molecular weight is 336 g/mol. The van der Waals surface area contributed by atoms with Crippen LogP contribution >= 0.6 is 34.8 Å². The SMILES string of the molecule is CCCC[C@@H](c1cc(Cl)cc(Cl)c1Cl)N1CCNCC1. The largest absolute Gasteiger partial charge is 0.314 e. The van der Waals surface area contributed by atoms with Crippen molar-refractivity contribution in [1.29, 1.82) is 0 Å². The molecule has 1 aliphatic heterocycles. The summed E-state index contributed by atoms with van der Waals surface area (Å²) >= 11 is 18.8. The number of piperazine rings is 1. The van der Waals surface area contributed by atoms with Crippen molar-refractivity contribution in [3.8, 4) is 0 Å². The zero-order valence-electron chi connectivity index (χ0n) is 11.8. The Hall–Kier alpha value is 0.01000. The minimum atomic E-state index is 0.306. The number of hydrogen-bond donors (Lipinski definition) is 1. The highest BCUT2D eigenvalue weighted by Gasteiger charge is 2.24. The maximum atomic E-state index is 6.43. The van der Waals surface area contributed by atoms with Gasteiger partial charge >= 0.3 is 0 Å². The van der Waals surface area contributed by atoms with E-state index in [1.54, 1.807) is 6.07 Å². The zero-order valence-corrected chi connectivity index (χ0v) is 14.0. The third kappa shape index (κ3) is 4.02. The van der Waals surface area contributed by atoms with E-state index >= 15 is 0 Å². The predicted octanol–water partition coefficient (Wildman–Crippen LogP) is 4.78. The number of nitrogens with zero attached hydrogens (tertiary/aromatic N) is 1. The van der Waals surface area contributed by atoms with Crippen LogP contribution < -0.4 is 5.32 Å². The molecule has 1 heterocycles. The van der Waals surface area contributed by atoms with Crippen LogP contribution in [-0.4, -0.2) is 31.1 Å². The Morgan fingerprint density at radius 3 is 2.55 bits per heavy atom. The summed E-state index contributed by atoms with van der Waals surface area (Å²) in [7, 11) is 0. The fourth-order valence-corrected chi connectivity index (χ4v) is 3.49. The standard InChI is InChI=1S/C15H21Cl3N2/c1-2-3-4-14(20-7-5-19-6-8-20)12-9-11(16)10-13(17)15(12)18/h9-10,14,19H,2-8H2,1H3/t14-/m0/s1. The Bertz CT molecular complexity index is 445. The van der Waals surface area contributed by atoms with Crippen molar-refractivity contribution >= 4 is 34.8 Å². The Morgan fingerprint density at radius 2 is 1.90 bits per heavy atom. The summed E-state index contributed by atoms with van der Waals surface area (Å²) in [6.07, 6.45) is 3.44. The minimum Gasteiger partial charge on any atom is -0.314 e. The number of halogens is 3. The molecule has 0 bridgehead atoms. The van der Waals surface area contributed by atoms with Gasteiger partial charge in [0.1, 0.15) is 0 Å². The number of rotatable bonds is 5. The smallest absolute Gasteiger partial charge is 0.0641 e. The molecule has 1 aromatic carbocycles. The molecule has 1 aliphatic rings. The summed E-state index contributed by atoms with van der Waals surface area (Å²) in [6, 6.07) is 3.99. The van der Waals surface area contributed by atoms with Crippen LogP contribution in [0.5, 0.6) is 0 Å². The molecule has 1 fully saturated rings. The summed E-state index contributed by atoms with van der Waals surface area (Å²) in [5, 5.41) is 5.24. The summed E-state index contributed by atoms with van der Waals surface area (Å²) in [6.45, 7) is 6.33. The Labute approximate surface area is 136 Å².